The summed E-state index contributed by atoms with van der Waals surface area (Å²) in [4.78, 5) is 19.0. The molecule has 0 unspecified atom stereocenters. The first-order chi connectivity index (χ1) is 16.0. The van der Waals surface area contributed by atoms with Gasteiger partial charge in [-0.25, -0.2) is 18.3 Å². The maximum Gasteiger partial charge on any atom is 0.274 e. The van der Waals surface area contributed by atoms with E-state index in [0.717, 1.165) is 17.7 Å². The second-order valence-corrected chi connectivity index (χ2v) is 8.06. The molecular weight excluding hydrogens is 450 g/mol. The van der Waals surface area contributed by atoms with Crippen LogP contribution in [0.2, 0.25) is 5.02 Å². The molecule has 0 bridgehead atoms. The number of amides is 1. The largest absolute Gasteiger partial charge is 0.367 e. The normalized spacial score (nSPS) is 14.0. The van der Waals surface area contributed by atoms with Crippen molar-refractivity contribution in [2.24, 2.45) is 0 Å². The van der Waals surface area contributed by atoms with Crippen LogP contribution >= 0.6 is 11.6 Å². The topological polar surface area (TPSA) is 74.6 Å². The molecule has 3 heterocycles. The van der Waals surface area contributed by atoms with E-state index in [2.05, 4.69) is 20.7 Å². The fourth-order valence-corrected chi connectivity index (χ4v) is 4.01. The van der Waals surface area contributed by atoms with Crippen LogP contribution in [0.15, 0.2) is 54.9 Å². The Morgan fingerprint density at radius 3 is 2.70 bits per heavy atom. The molecule has 0 spiro atoms. The van der Waals surface area contributed by atoms with Crippen molar-refractivity contribution >= 4 is 34.5 Å². The minimum absolute atomic E-state index is 0.0391. The fraction of sp³-hybridized carbons (Fsp3) is 0.174. The number of halogens is 3. The van der Waals surface area contributed by atoms with E-state index in [1.165, 1.54) is 10.6 Å². The number of benzene rings is 2. The SMILES string of the molecule is O=C(Nc1cc(F)c(N2CCNCC2)cc1F)c1ccn2ncc(-c3cccc(Cl)c3)c2n1. The number of hydrogen-bond donors (Lipinski definition) is 2. The third-order valence-corrected chi connectivity index (χ3v) is 5.71. The highest BCUT2D eigenvalue weighted by Crippen LogP contribution is 2.28. The molecule has 0 radical (unpaired) electrons. The molecule has 1 fully saturated rings. The molecule has 7 nitrogen and oxygen atoms in total. The predicted molar refractivity (Wildman–Crippen MR) is 123 cm³/mol. The minimum Gasteiger partial charge on any atom is -0.367 e. The van der Waals surface area contributed by atoms with Gasteiger partial charge in [0.15, 0.2) is 5.65 Å². The summed E-state index contributed by atoms with van der Waals surface area (Å²) in [5.41, 5.74) is 1.88. The Hall–Kier alpha value is -3.56. The summed E-state index contributed by atoms with van der Waals surface area (Å²) < 4.78 is 30.9. The highest BCUT2D eigenvalue weighted by molar-refractivity contribution is 6.30. The van der Waals surface area contributed by atoms with Gasteiger partial charge in [-0.1, -0.05) is 23.7 Å². The predicted octanol–water partition coefficient (Wildman–Crippen LogP) is 3.99. The third kappa shape index (κ3) is 4.24. The van der Waals surface area contributed by atoms with E-state index >= 15 is 0 Å². The zero-order valence-electron chi connectivity index (χ0n) is 17.4. The lowest BCUT2D eigenvalue weighted by molar-refractivity contribution is 0.102. The van der Waals surface area contributed by atoms with Crippen molar-refractivity contribution in [1.82, 2.24) is 19.9 Å². The summed E-state index contributed by atoms with van der Waals surface area (Å²) in [6.45, 7) is 2.54. The first kappa shape index (κ1) is 21.3. The smallest absolute Gasteiger partial charge is 0.274 e. The molecular formula is C23H19ClF2N6O. The van der Waals surface area contributed by atoms with Crippen LogP contribution in [-0.2, 0) is 0 Å². The van der Waals surface area contributed by atoms with Crippen LogP contribution in [0.5, 0.6) is 0 Å². The van der Waals surface area contributed by atoms with Crippen molar-refractivity contribution in [3.8, 4) is 11.1 Å². The van der Waals surface area contributed by atoms with E-state index < -0.39 is 17.5 Å². The molecule has 4 aromatic rings. The zero-order valence-corrected chi connectivity index (χ0v) is 18.1. The van der Waals surface area contributed by atoms with Crippen LogP contribution in [0.1, 0.15) is 10.5 Å². The van der Waals surface area contributed by atoms with E-state index in [1.54, 1.807) is 35.5 Å². The number of aromatic nitrogens is 3. The number of fused-ring (bicyclic) bond motifs is 1. The molecule has 2 aromatic carbocycles. The summed E-state index contributed by atoms with van der Waals surface area (Å²) in [6, 6.07) is 10.8. The number of hydrogen-bond acceptors (Lipinski definition) is 5. The maximum atomic E-state index is 14.7. The molecule has 0 aliphatic carbocycles. The minimum atomic E-state index is -0.719. The summed E-state index contributed by atoms with van der Waals surface area (Å²) in [7, 11) is 0. The standard InChI is InChI=1S/C23H19ClF2N6O/c24-15-3-1-2-14(10-15)16-13-28-32-7-4-19(29-22(16)32)23(33)30-20-11-18(26)21(12-17(20)25)31-8-5-27-6-9-31/h1-4,7,10-13,27H,5-6,8-9H2,(H,30,33). The summed E-state index contributed by atoms with van der Waals surface area (Å²) in [5.74, 6) is -1.98. The van der Waals surface area contributed by atoms with Crippen molar-refractivity contribution in [2.75, 3.05) is 36.4 Å². The average molecular weight is 469 g/mol. The Bertz CT molecular complexity index is 1350. The molecule has 2 N–H and O–H groups in total. The van der Waals surface area contributed by atoms with Gasteiger partial charge in [-0.3, -0.25) is 4.79 Å². The molecule has 33 heavy (non-hydrogen) atoms. The monoisotopic (exact) mass is 468 g/mol. The fourth-order valence-electron chi connectivity index (χ4n) is 3.82. The van der Waals surface area contributed by atoms with E-state index in [0.29, 0.717) is 42.4 Å². The van der Waals surface area contributed by atoms with Crippen LogP contribution in [0.25, 0.3) is 16.8 Å². The van der Waals surface area contributed by atoms with E-state index in [9.17, 15) is 13.6 Å². The Morgan fingerprint density at radius 1 is 1.09 bits per heavy atom. The van der Waals surface area contributed by atoms with E-state index in [1.807, 2.05) is 6.07 Å². The first-order valence-corrected chi connectivity index (χ1v) is 10.7. The third-order valence-electron chi connectivity index (χ3n) is 5.48. The van der Waals surface area contributed by atoms with Crippen molar-refractivity contribution < 1.29 is 13.6 Å². The molecule has 5 rings (SSSR count). The summed E-state index contributed by atoms with van der Waals surface area (Å²) >= 11 is 6.09. The number of carbonyl (C=O) groups is 1. The van der Waals surface area contributed by atoms with Crippen LogP contribution in [-0.4, -0.2) is 46.7 Å². The Balaban J connectivity index is 1.42. The lowest BCUT2D eigenvalue weighted by Crippen LogP contribution is -2.43. The number of anilines is 2. The molecule has 10 heteroatoms. The van der Waals surface area contributed by atoms with Gasteiger partial charge in [0.1, 0.15) is 17.3 Å². The second kappa shape index (κ2) is 8.76. The molecule has 1 saturated heterocycles. The molecule has 0 atom stereocenters. The van der Waals surface area contributed by atoms with Gasteiger partial charge in [-0.2, -0.15) is 5.10 Å². The van der Waals surface area contributed by atoms with Gasteiger partial charge in [-0.05, 0) is 23.8 Å². The van der Waals surface area contributed by atoms with Crippen LogP contribution in [0.3, 0.4) is 0 Å². The van der Waals surface area contributed by atoms with Crippen molar-refractivity contribution in [2.45, 2.75) is 0 Å². The van der Waals surface area contributed by atoms with Crippen molar-refractivity contribution in [3.63, 3.8) is 0 Å². The van der Waals surface area contributed by atoms with Crippen LogP contribution < -0.4 is 15.5 Å². The molecule has 168 valence electrons. The van der Waals surface area contributed by atoms with Gasteiger partial charge in [0.05, 0.1) is 17.6 Å². The Morgan fingerprint density at radius 2 is 1.91 bits per heavy atom. The Labute approximate surface area is 193 Å². The zero-order chi connectivity index (χ0) is 22.9. The van der Waals surface area contributed by atoms with Gasteiger partial charge >= 0.3 is 0 Å². The van der Waals surface area contributed by atoms with Gasteiger partial charge in [-0.15, -0.1) is 0 Å². The number of rotatable bonds is 4. The summed E-state index contributed by atoms with van der Waals surface area (Å²) in [5, 5.41) is 10.4. The number of carbonyl (C=O) groups excluding carboxylic acids is 1. The molecule has 1 amide bonds. The van der Waals surface area contributed by atoms with Gasteiger partial charge < -0.3 is 15.5 Å². The maximum absolute atomic E-state index is 14.7. The number of nitrogens with zero attached hydrogens (tertiary/aromatic N) is 4. The number of nitrogens with one attached hydrogen (secondary N) is 2. The highest BCUT2D eigenvalue weighted by atomic mass is 35.5. The quantitative estimate of drug-likeness (QED) is 0.474. The first-order valence-electron chi connectivity index (χ1n) is 10.4. The molecule has 1 aliphatic heterocycles. The second-order valence-electron chi connectivity index (χ2n) is 7.62. The number of piperazine rings is 1. The Kier molecular flexibility index (Phi) is 5.65. The van der Waals surface area contributed by atoms with Crippen molar-refractivity contribution in [1.29, 1.82) is 0 Å². The molecule has 2 aromatic heterocycles. The molecule has 0 saturated carbocycles. The average Bonchev–Trinajstić information content (AvgIpc) is 3.25. The van der Waals surface area contributed by atoms with Gasteiger partial charge in [0.2, 0.25) is 0 Å². The van der Waals surface area contributed by atoms with Crippen molar-refractivity contribution in [3.05, 3.63) is 77.2 Å². The lowest BCUT2D eigenvalue weighted by Gasteiger charge is -2.30. The van der Waals surface area contributed by atoms with E-state index in [4.69, 9.17) is 11.6 Å². The lowest BCUT2D eigenvalue weighted by atomic mass is 10.1. The van der Waals surface area contributed by atoms with Crippen LogP contribution in [0.4, 0.5) is 20.2 Å². The van der Waals surface area contributed by atoms with Gasteiger partial charge in [0.25, 0.3) is 5.91 Å². The summed E-state index contributed by atoms with van der Waals surface area (Å²) in [6.07, 6.45) is 3.20. The van der Waals surface area contributed by atoms with Crippen LogP contribution in [0, 0.1) is 11.6 Å². The van der Waals surface area contributed by atoms with E-state index in [-0.39, 0.29) is 17.1 Å². The van der Waals surface area contributed by atoms with Gasteiger partial charge in [0, 0.05) is 55.1 Å². The molecule has 1 aliphatic rings. The highest BCUT2D eigenvalue weighted by Gasteiger charge is 2.20.